The van der Waals surface area contributed by atoms with Gasteiger partial charge in [0.2, 0.25) is 0 Å². The highest BCUT2D eigenvalue weighted by atomic mass is 79.9. The van der Waals surface area contributed by atoms with Gasteiger partial charge in [-0.2, -0.15) is 0 Å². The molecule has 1 aliphatic carbocycles. The molecule has 0 nitrogen and oxygen atoms in total. The maximum absolute atomic E-state index is 13.3. The van der Waals surface area contributed by atoms with Crippen LogP contribution in [0.25, 0.3) is 0 Å². The van der Waals surface area contributed by atoms with Crippen molar-refractivity contribution in [3.05, 3.63) is 23.6 Å². The van der Waals surface area contributed by atoms with E-state index in [9.17, 15) is 8.78 Å². The molecule has 3 heteroatoms. The minimum Gasteiger partial charge on any atom is -0.247 e. The van der Waals surface area contributed by atoms with E-state index in [-0.39, 0.29) is 10.7 Å². The van der Waals surface area contributed by atoms with Crippen LogP contribution in [0.4, 0.5) is 8.78 Å². The van der Waals surface area contributed by atoms with Gasteiger partial charge in [0.25, 0.3) is 0 Å². The number of allylic oxidation sites excluding steroid dienone is 4. The Balaban J connectivity index is 2.75. The Morgan fingerprint density at radius 1 is 1.54 bits per heavy atom. The van der Waals surface area contributed by atoms with Gasteiger partial charge in [0.15, 0.2) is 0 Å². The van der Waals surface area contributed by atoms with E-state index in [0.717, 1.165) is 5.57 Å². The summed E-state index contributed by atoms with van der Waals surface area (Å²) in [5, 5.41) is 0. The molecular formula is C10H13BrF2. The van der Waals surface area contributed by atoms with Crippen molar-refractivity contribution in [2.75, 3.05) is 0 Å². The van der Waals surface area contributed by atoms with Gasteiger partial charge in [-0.1, -0.05) is 22.0 Å². The fourth-order valence-corrected chi connectivity index (χ4v) is 1.70. The van der Waals surface area contributed by atoms with Crippen molar-refractivity contribution in [2.45, 2.75) is 31.3 Å². The first kappa shape index (κ1) is 10.9. The normalized spacial score (nSPS) is 27.6. The molecule has 13 heavy (non-hydrogen) atoms. The second kappa shape index (κ2) is 4.36. The summed E-state index contributed by atoms with van der Waals surface area (Å²) in [7, 11) is 0. The number of rotatable bonds is 2. The van der Waals surface area contributed by atoms with Crippen LogP contribution in [-0.4, -0.2) is 11.0 Å². The van der Waals surface area contributed by atoms with E-state index in [0.29, 0.717) is 6.42 Å². The number of hydrogen-bond donors (Lipinski definition) is 0. The van der Waals surface area contributed by atoms with E-state index in [1.165, 1.54) is 13.0 Å². The van der Waals surface area contributed by atoms with Crippen LogP contribution in [0.5, 0.6) is 0 Å². The van der Waals surface area contributed by atoms with E-state index in [2.05, 4.69) is 15.9 Å². The highest BCUT2D eigenvalue weighted by molar-refractivity contribution is 9.09. The second-order valence-corrected chi connectivity index (χ2v) is 4.74. The zero-order chi connectivity index (χ0) is 10.0. The minimum absolute atomic E-state index is 0.133. The summed E-state index contributed by atoms with van der Waals surface area (Å²) < 4.78 is 26.1. The molecule has 74 valence electrons. The average Bonchev–Trinajstić information content (AvgIpc) is 2.03. The first-order valence-electron chi connectivity index (χ1n) is 4.37. The predicted molar refractivity (Wildman–Crippen MR) is 54.3 cm³/mol. The molecule has 0 bridgehead atoms. The van der Waals surface area contributed by atoms with Crippen LogP contribution in [-0.2, 0) is 0 Å². The van der Waals surface area contributed by atoms with Crippen LogP contribution in [0.3, 0.4) is 0 Å². The largest absolute Gasteiger partial charge is 0.247 e. The summed E-state index contributed by atoms with van der Waals surface area (Å²) in [6.45, 7) is 3.32. The quantitative estimate of drug-likeness (QED) is 0.652. The van der Waals surface area contributed by atoms with Crippen molar-refractivity contribution in [1.29, 1.82) is 0 Å². The van der Waals surface area contributed by atoms with E-state index in [1.54, 1.807) is 0 Å². The summed E-state index contributed by atoms with van der Waals surface area (Å²) in [4.78, 5) is 0.133. The zero-order valence-corrected chi connectivity index (χ0v) is 9.31. The first-order valence-corrected chi connectivity index (χ1v) is 5.29. The minimum atomic E-state index is -1.11. The molecule has 0 N–H and O–H groups in total. The Hall–Kier alpha value is -0.180. The predicted octanol–water partition coefficient (Wildman–Crippen LogP) is 3.93. The molecule has 0 heterocycles. The molecule has 0 fully saturated rings. The summed E-state index contributed by atoms with van der Waals surface area (Å²) in [5.41, 5.74) is 0.898. The molecular weight excluding hydrogens is 238 g/mol. The van der Waals surface area contributed by atoms with Crippen LogP contribution in [0.1, 0.15) is 20.3 Å². The zero-order valence-electron chi connectivity index (χ0n) is 7.73. The molecule has 1 aliphatic rings. The SMILES string of the molecule is CC(Br)C1=CCC([C@@H](C)F)C(F)=C1. The molecule has 0 aromatic carbocycles. The van der Waals surface area contributed by atoms with Crippen molar-refractivity contribution < 1.29 is 8.78 Å². The van der Waals surface area contributed by atoms with E-state index in [4.69, 9.17) is 0 Å². The Morgan fingerprint density at radius 2 is 2.15 bits per heavy atom. The summed E-state index contributed by atoms with van der Waals surface area (Å²) >= 11 is 3.35. The van der Waals surface area contributed by atoms with Gasteiger partial charge in [0, 0.05) is 10.7 Å². The molecule has 0 aliphatic heterocycles. The molecule has 0 saturated carbocycles. The third-order valence-electron chi connectivity index (χ3n) is 2.28. The van der Waals surface area contributed by atoms with Gasteiger partial charge < -0.3 is 0 Å². The van der Waals surface area contributed by atoms with Crippen LogP contribution in [0, 0.1) is 5.92 Å². The Labute approximate surface area is 85.8 Å². The van der Waals surface area contributed by atoms with Crippen LogP contribution in [0.2, 0.25) is 0 Å². The molecule has 3 atom stereocenters. The lowest BCUT2D eigenvalue weighted by Crippen LogP contribution is -2.16. The van der Waals surface area contributed by atoms with Gasteiger partial charge in [-0.15, -0.1) is 0 Å². The second-order valence-electron chi connectivity index (χ2n) is 3.37. The van der Waals surface area contributed by atoms with Crippen molar-refractivity contribution in [3.8, 4) is 0 Å². The third kappa shape index (κ3) is 2.63. The van der Waals surface area contributed by atoms with Crippen LogP contribution in [0.15, 0.2) is 23.6 Å². The number of alkyl halides is 2. The Kier molecular flexibility index (Phi) is 3.65. The highest BCUT2D eigenvalue weighted by Crippen LogP contribution is 2.31. The maximum atomic E-state index is 13.3. The van der Waals surface area contributed by atoms with Gasteiger partial charge >= 0.3 is 0 Å². The molecule has 0 saturated heterocycles. The number of hydrogen-bond acceptors (Lipinski definition) is 0. The lowest BCUT2D eigenvalue weighted by molar-refractivity contribution is 0.249. The Morgan fingerprint density at radius 3 is 2.54 bits per heavy atom. The van der Waals surface area contributed by atoms with Crippen LogP contribution >= 0.6 is 15.9 Å². The van der Waals surface area contributed by atoms with Crippen molar-refractivity contribution >= 4 is 15.9 Å². The molecule has 0 amide bonds. The van der Waals surface area contributed by atoms with Crippen LogP contribution < -0.4 is 0 Å². The average molecular weight is 251 g/mol. The van der Waals surface area contributed by atoms with Gasteiger partial charge in [-0.3, -0.25) is 0 Å². The lowest BCUT2D eigenvalue weighted by Gasteiger charge is -2.20. The van der Waals surface area contributed by atoms with Crippen molar-refractivity contribution in [1.82, 2.24) is 0 Å². The van der Waals surface area contributed by atoms with Crippen molar-refractivity contribution in [3.63, 3.8) is 0 Å². The van der Waals surface area contributed by atoms with Gasteiger partial charge in [-0.05, 0) is 31.9 Å². The topological polar surface area (TPSA) is 0 Å². The van der Waals surface area contributed by atoms with Gasteiger partial charge in [0.05, 0.1) is 0 Å². The fourth-order valence-electron chi connectivity index (χ4n) is 1.38. The molecule has 1 rings (SSSR count). The molecule has 0 spiro atoms. The summed E-state index contributed by atoms with van der Waals surface area (Å²) in [6, 6.07) is 0. The summed E-state index contributed by atoms with van der Waals surface area (Å²) in [6.07, 6.45) is 2.68. The van der Waals surface area contributed by atoms with E-state index in [1.807, 2.05) is 13.0 Å². The van der Waals surface area contributed by atoms with Crippen molar-refractivity contribution in [2.24, 2.45) is 5.92 Å². The molecule has 2 unspecified atom stereocenters. The van der Waals surface area contributed by atoms with E-state index < -0.39 is 12.1 Å². The first-order chi connectivity index (χ1) is 6.02. The molecule has 0 radical (unpaired) electrons. The monoisotopic (exact) mass is 250 g/mol. The van der Waals surface area contributed by atoms with E-state index >= 15 is 0 Å². The molecule has 0 aromatic heterocycles. The third-order valence-corrected chi connectivity index (χ3v) is 2.81. The molecule has 0 aromatic rings. The lowest BCUT2D eigenvalue weighted by atomic mass is 9.91. The van der Waals surface area contributed by atoms with Gasteiger partial charge in [0.1, 0.15) is 12.0 Å². The summed E-state index contributed by atoms with van der Waals surface area (Å²) in [5.74, 6) is -0.909. The van der Waals surface area contributed by atoms with Gasteiger partial charge in [-0.25, -0.2) is 8.78 Å². The number of halogens is 3. The fraction of sp³-hybridized carbons (Fsp3) is 0.600. The Bertz CT molecular complexity index is 241. The maximum Gasteiger partial charge on any atom is 0.107 e. The smallest absolute Gasteiger partial charge is 0.107 e. The standard InChI is InChI=1S/C10H13BrF2/c1-6(11)8-3-4-9(7(2)12)10(13)5-8/h3,5-7,9H,4H2,1-2H3/t6?,7-,9?/m1/s1. The highest BCUT2D eigenvalue weighted by Gasteiger charge is 2.24.